The van der Waals surface area contributed by atoms with E-state index in [1.54, 1.807) is 12.1 Å². The summed E-state index contributed by atoms with van der Waals surface area (Å²) in [5, 5.41) is 3.53. The van der Waals surface area contributed by atoms with Crippen molar-refractivity contribution < 1.29 is 4.39 Å². The normalized spacial score (nSPS) is 12.2. The first-order valence-electron chi connectivity index (χ1n) is 7.09. The Hall–Kier alpha value is -0.410. The Balaban J connectivity index is 2.90. The Labute approximate surface area is 125 Å². The molecule has 1 rings (SSSR count). The van der Waals surface area contributed by atoms with E-state index in [1.165, 1.54) is 6.07 Å². The van der Waals surface area contributed by atoms with Gasteiger partial charge in [0.1, 0.15) is 5.82 Å². The van der Waals surface area contributed by atoms with Gasteiger partial charge >= 0.3 is 0 Å². The Morgan fingerprint density at radius 1 is 1.26 bits per heavy atom. The fourth-order valence-electron chi connectivity index (χ4n) is 2.32. The van der Waals surface area contributed by atoms with Crippen LogP contribution in [0.1, 0.15) is 46.1 Å². The van der Waals surface area contributed by atoms with E-state index in [1.807, 2.05) is 0 Å². The summed E-state index contributed by atoms with van der Waals surface area (Å²) in [6.07, 6.45) is 3.08. The molecule has 1 N–H and O–H groups in total. The van der Waals surface area contributed by atoms with Gasteiger partial charge in [-0.1, -0.05) is 43.6 Å². The van der Waals surface area contributed by atoms with Gasteiger partial charge in [0.05, 0.1) is 0 Å². The topological polar surface area (TPSA) is 12.0 Å². The van der Waals surface area contributed by atoms with Crippen LogP contribution in [0.3, 0.4) is 0 Å². The third kappa shape index (κ3) is 4.88. The molecule has 0 aliphatic rings. The predicted molar refractivity (Wildman–Crippen MR) is 84.0 cm³/mol. The summed E-state index contributed by atoms with van der Waals surface area (Å²) in [5.41, 5.74) is 1.26. The van der Waals surface area contributed by atoms with E-state index in [-0.39, 0.29) is 11.2 Å². The second-order valence-electron chi connectivity index (χ2n) is 5.66. The molecule has 108 valence electrons. The molecule has 0 unspecified atom stereocenters. The van der Waals surface area contributed by atoms with E-state index in [4.69, 9.17) is 0 Å². The maximum Gasteiger partial charge on any atom is 0.123 e. The van der Waals surface area contributed by atoms with Crippen molar-refractivity contribution in [2.45, 2.75) is 53.0 Å². The Kier molecular flexibility index (Phi) is 6.48. The quantitative estimate of drug-likeness (QED) is 0.747. The number of hydrogen-bond acceptors (Lipinski definition) is 1. The van der Waals surface area contributed by atoms with Crippen LogP contribution in [0, 0.1) is 11.2 Å². The van der Waals surface area contributed by atoms with E-state index < -0.39 is 0 Å². The lowest BCUT2D eigenvalue weighted by molar-refractivity contribution is 0.239. The van der Waals surface area contributed by atoms with Crippen LogP contribution in [0.15, 0.2) is 22.7 Å². The van der Waals surface area contributed by atoms with Crippen LogP contribution in [0.25, 0.3) is 0 Å². The molecule has 1 nitrogen and oxygen atoms in total. The summed E-state index contributed by atoms with van der Waals surface area (Å²) in [5.74, 6) is -0.156. The highest BCUT2D eigenvalue weighted by Gasteiger charge is 2.27. The van der Waals surface area contributed by atoms with Gasteiger partial charge in [0, 0.05) is 17.1 Å². The average molecular weight is 330 g/mol. The number of hydrogen-bond donors (Lipinski definition) is 1. The highest BCUT2D eigenvalue weighted by atomic mass is 79.9. The first-order chi connectivity index (χ1) is 8.92. The number of rotatable bonds is 7. The first-order valence-corrected chi connectivity index (χ1v) is 7.89. The summed E-state index contributed by atoms with van der Waals surface area (Å²) in [4.78, 5) is 0. The van der Waals surface area contributed by atoms with Gasteiger partial charge in [-0.05, 0) is 48.4 Å². The monoisotopic (exact) mass is 329 g/mol. The van der Waals surface area contributed by atoms with E-state index in [0.717, 1.165) is 35.8 Å². The van der Waals surface area contributed by atoms with Gasteiger partial charge in [-0.15, -0.1) is 0 Å². The Morgan fingerprint density at radius 2 is 1.89 bits per heavy atom. The molecule has 0 amide bonds. The summed E-state index contributed by atoms with van der Waals surface area (Å²) < 4.78 is 14.4. The van der Waals surface area contributed by atoms with Gasteiger partial charge < -0.3 is 5.32 Å². The van der Waals surface area contributed by atoms with Crippen LogP contribution in [0.4, 0.5) is 4.39 Å². The van der Waals surface area contributed by atoms with Crippen molar-refractivity contribution in [1.29, 1.82) is 0 Å². The molecule has 0 bridgehead atoms. The third-order valence-corrected chi connectivity index (χ3v) is 4.73. The minimum atomic E-state index is -0.156. The molecule has 0 fully saturated rings. The highest BCUT2D eigenvalue weighted by molar-refractivity contribution is 9.10. The SMILES string of the molecule is CCC(CC)(CNC(C)C)Cc1cc(F)ccc1Br. The lowest BCUT2D eigenvalue weighted by atomic mass is 9.76. The fourth-order valence-corrected chi connectivity index (χ4v) is 2.70. The summed E-state index contributed by atoms with van der Waals surface area (Å²) in [6.45, 7) is 9.74. The molecule has 0 saturated carbocycles. The molecule has 0 radical (unpaired) electrons. The van der Waals surface area contributed by atoms with Crippen molar-refractivity contribution in [3.8, 4) is 0 Å². The average Bonchev–Trinajstić information content (AvgIpc) is 2.38. The van der Waals surface area contributed by atoms with Crippen molar-refractivity contribution >= 4 is 15.9 Å². The molecule has 0 aliphatic heterocycles. The summed E-state index contributed by atoms with van der Waals surface area (Å²) >= 11 is 3.53. The van der Waals surface area contributed by atoms with Gasteiger partial charge in [0.25, 0.3) is 0 Å². The van der Waals surface area contributed by atoms with E-state index in [0.29, 0.717) is 6.04 Å². The van der Waals surface area contributed by atoms with Gasteiger partial charge in [-0.25, -0.2) is 4.39 Å². The number of benzene rings is 1. The van der Waals surface area contributed by atoms with Gasteiger partial charge in [-0.2, -0.15) is 0 Å². The largest absolute Gasteiger partial charge is 0.314 e. The molecule has 19 heavy (non-hydrogen) atoms. The van der Waals surface area contributed by atoms with Gasteiger partial charge in [-0.3, -0.25) is 0 Å². The molecule has 0 saturated heterocycles. The molecule has 3 heteroatoms. The molecule has 0 aromatic heterocycles. The van der Waals surface area contributed by atoms with Crippen LogP contribution in [-0.4, -0.2) is 12.6 Å². The minimum absolute atomic E-state index is 0.156. The van der Waals surface area contributed by atoms with Crippen LogP contribution >= 0.6 is 15.9 Å². The van der Waals surface area contributed by atoms with Crippen molar-refractivity contribution in [2.24, 2.45) is 5.41 Å². The summed E-state index contributed by atoms with van der Waals surface area (Å²) in [7, 11) is 0. The van der Waals surface area contributed by atoms with Crippen LogP contribution in [-0.2, 0) is 6.42 Å². The fraction of sp³-hybridized carbons (Fsp3) is 0.625. The molecular formula is C16H25BrFN. The molecule has 0 spiro atoms. The van der Waals surface area contributed by atoms with Crippen molar-refractivity contribution in [3.63, 3.8) is 0 Å². The van der Waals surface area contributed by atoms with Crippen LogP contribution in [0.5, 0.6) is 0 Å². The third-order valence-electron chi connectivity index (χ3n) is 3.96. The van der Waals surface area contributed by atoms with Gasteiger partial charge in [0.15, 0.2) is 0 Å². The van der Waals surface area contributed by atoms with Crippen LogP contribution < -0.4 is 5.32 Å². The highest BCUT2D eigenvalue weighted by Crippen LogP contribution is 2.33. The molecule has 0 heterocycles. The zero-order valence-electron chi connectivity index (χ0n) is 12.4. The molecular weight excluding hydrogens is 305 g/mol. The zero-order chi connectivity index (χ0) is 14.5. The standard InChI is InChI=1S/C16H25BrFN/c1-5-16(6-2,11-19-12(3)4)10-13-9-14(18)7-8-15(13)17/h7-9,12,19H,5-6,10-11H2,1-4H3. The van der Waals surface area contributed by atoms with E-state index >= 15 is 0 Å². The molecule has 0 atom stereocenters. The number of halogens is 2. The van der Waals surface area contributed by atoms with Crippen LogP contribution in [0.2, 0.25) is 0 Å². The lowest BCUT2D eigenvalue weighted by Gasteiger charge is -2.33. The minimum Gasteiger partial charge on any atom is -0.314 e. The summed E-state index contributed by atoms with van der Waals surface area (Å²) in [6, 6.07) is 5.43. The number of nitrogens with one attached hydrogen (secondary N) is 1. The predicted octanol–water partition coefficient (Wildman–Crippen LogP) is 4.94. The first kappa shape index (κ1) is 16.6. The molecule has 1 aromatic rings. The maximum absolute atomic E-state index is 13.4. The van der Waals surface area contributed by atoms with Crippen molar-refractivity contribution in [1.82, 2.24) is 5.32 Å². The Bertz CT molecular complexity index is 400. The molecule has 1 aromatic carbocycles. The maximum atomic E-state index is 13.4. The smallest absolute Gasteiger partial charge is 0.123 e. The van der Waals surface area contributed by atoms with Gasteiger partial charge in [0.2, 0.25) is 0 Å². The van der Waals surface area contributed by atoms with E-state index in [9.17, 15) is 4.39 Å². The van der Waals surface area contributed by atoms with Crippen molar-refractivity contribution in [2.75, 3.05) is 6.54 Å². The second-order valence-corrected chi connectivity index (χ2v) is 6.51. The lowest BCUT2D eigenvalue weighted by Crippen LogP contribution is -2.38. The van der Waals surface area contributed by atoms with E-state index in [2.05, 4.69) is 48.9 Å². The van der Waals surface area contributed by atoms with Crippen molar-refractivity contribution in [3.05, 3.63) is 34.1 Å². The molecule has 0 aliphatic carbocycles. The second kappa shape index (κ2) is 7.39. The Morgan fingerprint density at radius 3 is 2.42 bits per heavy atom. The zero-order valence-corrected chi connectivity index (χ0v) is 14.0.